The number of hydrazine groups is 1. The lowest BCUT2D eigenvalue weighted by atomic mass is 10.2. The summed E-state index contributed by atoms with van der Waals surface area (Å²) in [5.41, 5.74) is 12.1. The molecule has 1 fully saturated rings. The smallest absolute Gasteiger partial charge is 0.0636 e. The number of hydrogen-bond acceptors (Lipinski definition) is 4. The van der Waals surface area contributed by atoms with Crippen LogP contribution in [0.1, 0.15) is 5.56 Å². The van der Waals surface area contributed by atoms with Crippen molar-refractivity contribution in [2.24, 2.45) is 0 Å². The van der Waals surface area contributed by atoms with Gasteiger partial charge in [-0.3, -0.25) is 0 Å². The fourth-order valence-electron chi connectivity index (χ4n) is 1.63. The molecule has 0 radical (unpaired) electrons. The Morgan fingerprint density at radius 2 is 2.06 bits per heavy atom. The van der Waals surface area contributed by atoms with Crippen LogP contribution in [0, 0.1) is 6.92 Å². The minimum absolute atomic E-state index is 0.776. The Morgan fingerprint density at radius 1 is 1.38 bits per heavy atom. The van der Waals surface area contributed by atoms with Gasteiger partial charge in [0.05, 0.1) is 18.9 Å². The van der Waals surface area contributed by atoms with Gasteiger partial charge in [-0.1, -0.05) is 0 Å². The molecule has 0 spiro atoms. The highest BCUT2D eigenvalue weighted by atomic mass is 79.9. The van der Waals surface area contributed by atoms with Crippen molar-refractivity contribution in [1.29, 1.82) is 0 Å². The fraction of sp³-hybridized carbons (Fsp3) is 0.455. The van der Waals surface area contributed by atoms with Crippen molar-refractivity contribution < 1.29 is 4.74 Å². The van der Waals surface area contributed by atoms with Gasteiger partial charge in [-0.25, -0.2) is 5.01 Å². The molecule has 2 rings (SSSR count). The van der Waals surface area contributed by atoms with E-state index in [2.05, 4.69) is 32.4 Å². The number of nitrogen functional groups attached to an aromatic ring is 1. The number of halogens is 1. The van der Waals surface area contributed by atoms with Crippen molar-refractivity contribution in [1.82, 2.24) is 5.01 Å². The minimum Gasteiger partial charge on any atom is -0.398 e. The lowest BCUT2D eigenvalue weighted by molar-refractivity contribution is 0.0496. The van der Waals surface area contributed by atoms with Gasteiger partial charge in [0.1, 0.15) is 0 Å². The van der Waals surface area contributed by atoms with E-state index < -0.39 is 0 Å². The number of ether oxygens (including phenoxy) is 1. The predicted molar refractivity (Wildman–Crippen MR) is 69.3 cm³/mol. The van der Waals surface area contributed by atoms with Gasteiger partial charge in [-0.2, -0.15) is 0 Å². The number of nitrogens with zero attached hydrogens (tertiary/aromatic N) is 1. The molecule has 16 heavy (non-hydrogen) atoms. The van der Waals surface area contributed by atoms with E-state index in [0.29, 0.717) is 0 Å². The molecule has 0 unspecified atom stereocenters. The van der Waals surface area contributed by atoms with Crippen LogP contribution >= 0.6 is 15.9 Å². The van der Waals surface area contributed by atoms with Crippen molar-refractivity contribution in [2.45, 2.75) is 6.92 Å². The number of benzene rings is 1. The van der Waals surface area contributed by atoms with Gasteiger partial charge in [0, 0.05) is 23.2 Å². The highest BCUT2D eigenvalue weighted by molar-refractivity contribution is 9.10. The molecule has 0 atom stereocenters. The number of rotatable bonds is 2. The summed E-state index contributed by atoms with van der Waals surface area (Å²) in [6.45, 7) is 5.36. The summed E-state index contributed by atoms with van der Waals surface area (Å²) in [5.74, 6) is 0. The lowest BCUT2D eigenvalue weighted by Gasteiger charge is -2.28. The molecule has 1 aromatic rings. The fourth-order valence-corrected chi connectivity index (χ4v) is 2.08. The molecule has 1 saturated heterocycles. The highest BCUT2D eigenvalue weighted by Gasteiger charge is 2.12. The third kappa shape index (κ3) is 2.66. The molecule has 88 valence electrons. The maximum Gasteiger partial charge on any atom is 0.0636 e. The third-order valence-electron chi connectivity index (χ3n) is 2.65. The second kappa shape index (κ2) is 5.03. The Morgan fingerprint density at radius 3 is 2.75 bits per heavy atom. The van der Waals surface area contributed by atoms with Gasteiger partial charge < -0.3 is 15.9 Å². The molecule has 1 aromatic carbocycles. The van der Waals surface area contributed by atoms with Crippen LogP contribution in [0.3, 0.4) is 0 Å². The van der Waals surface area contributed by atoms with Gasteiger partial charge in [0.2, 0.25) is 0 Å². The van der Waals surface area contributed by atoms with Crippen LogP contribution in [0.2, 0.25) is 0 Å². The zero-order chi connectivity index (χ0) is 11.5. The molecule has 0 aromatic heterocycles. The third-order valence-corrected chi connectivity index (χ3v) is 3.30. The summed E-state index contributed by atoms with van der Waals surface area (Å²) in [6, 6.07) is 3.98. The van der Waals surface area contributed by atoms with Gasteiger partial charge in [0.15, 0.2) is 0 Å². The number of aryl methyl sites for hydroxylation is 1. The number of anilines is 2. The Hall–Kier alpha value is -0.780. The molecule has 5 heteroatoms. The molecular weight excluding hydrogens is 270 g/mol. The van der Waals surface area contributed by atoms with E-state index in [1.165, 1.54) is 0 Å². The Balaban J connectivity index is 2.11. The average molecular weight is 286 g/mol. The van der Waals surface area contributed by atoms with Crippen molar-refractivity contribution in [3.63, 3.8) is 0 Å². The quantitative estimate of drug-likeness (QED) is 0.816. The summed E-state index contributed by atoms with van der Waals surface area (Å²) in [5, 5.41) is 2.15. The maximum absolute atomic E-state index is 5.83. The molecule has 0 bridgehead atoms. The number of nitrogens with one attached hydrogen (secondary N) is 1. The van der Waals surface area contributed by atoms with E-state index >= 15 is 0 Å². The maximum atomic E-state index is 5.83. The van der Waals surface area contributed by atoms with E-state index in [9.17, 15) is 0 Å². The first-order valence-electron chi connectivity index (χ1n) is 5.32. The second-order valence-corrected chi connectivity index (χ2v) is 4.75. The van der Waals surface area contributed by atoms with Crippen LogP contribution < -0.4 is 11.2 Å². The number of hydrogen-bond donors (Lipinski definition) is 2. The lowest BCUT2D eigenvalue weighted by Crippen LogP contribution is -2.40. The molecule has 0 amide bonds. The highest BCUT2D eigenvalue weighted by Crippen LogP contribution is 2.28. The summed E-state index contributed by atoms with van der Waals surface area (Å²) < 4.78 is 6.29. The average Bonchev–Trinajstić information content (AvgIpc) is 2.27. The zero-order valence-electron chi connectivity index (χ0n) is 9.29. The minimum atomic E-state index is 0.776. The Labute approximate surface area is 104 Å². The zero-order valence-corrected chi connectivity index (χ0v) is 10.9. The van der Waals surface area contributed by atoms with Crippen LogP contribution in [0.4, 0.5) is 11.4 Å². The molecule has 1 aliphatic rings. The van der Waals surface area contributed by atoms with E-state index in [1.807, 2.05) is 13.0 Å². The van der Waals surface area contributed by atoms with Crippen LogP contribution in [-0.2, 0) is 4.74 Å². The van der Waals surface area contributed by atoms with Crippen molar-refractivity contribution in [3.05, 3.63) is 22.2 Å². The predicted octanol–water partition coefficient (Wildman–Crippen LogP) is 2.00. The van der Waals surface area contributed by atoms with Crippen molar-refractivity contribution >= 4 is 27.3 Å². The van der Waals surface area contributed by atoms with E-state index in [1.54, 1.807) is 0 Å². The summed E-state index contributed by atoms with van der Waals surface area (Å²) >= 11 is 3.51. The van der Waals surface area contributed by atoms with Crippen LogP contribution in [0.25, 0.3) is 0 Å². The molecule has 3 N–H and O–H groups in total. The molecular formula is C11H16BrN3O. The van der Waals surface area contributed by atoms with Gasteiger partial charge in [-0.05, 0) is 40.5 Å². The van der Waals surface area contributed by atoms with E-state index in [4.69, 9.17) is 10.5 Å². The largest absolute Gasteiger partial charge is 0.398 e. The number of nitrogens with two attached hydrogens (primary N) is 1. The molecule has 1 heterocycles. The summed E-state index contributed by atoms with van der Waals surface area (Å²) in [7, 11) is 0. The Bertz CT molecular complexity index is 378. The molecule has 1 aliphatic heterocycles. The first-order chi connectivity index (χ1) is 7.66. The topological polar surface area (TPSA) is 50.5 Å². The molecule has 4 nitrogen and oxygen atoms in total. The van der Waals surface area contributed by atoms with Crippen LogP contribution in [0.5, 0.6) is 0 Å². The van der Waals surface area contributed by atoms with Crippen molar-refractivity contribution in [2.75, 3.05) is 37.5 Å². The first kappa shape index (κ1) is 11.7. The van der Waals surface area contributed by atoms with Gasteiger partial charge in [0.25, 0.3) is 0 Å². The molecule has 0 aliphatic carbocycles. The second-order valence-electron chi connectivity index (χ2n) is 3.90. The van der Waals surface area contributed by atoms with Crippen molar-refractivity contribution in [3.8, 4) is 0 Å². The molecule has 0 saturated carbocycles. The van der Waals surface area contributed by atoms with Gasteiger partial charge in [-0.15, -0.1) is 0 Å². The van der Waals surface area contributed by atoms with E-state index in [-0.39, 0.29) is 0 Å². The number of morpholine rings is 1. The van der Waals surface area contributed by atoms with Crippen LogP contribution in [0.15, 0.2) is 16.6 Å². The summed E-state index contributed by atoms with van der Waals surface area (Å²) in [6.07, 6.45) is 0. The van der Waals surface area contributed by atoms with E-state index in [0.717, 1.165) is 47.7 Å². The van der Waals surface area contributed by atoms with Gasteiger partial charge >= 0.3 is 0 Å². The normalized spacial score (nSPS) is 17.4. The monoisotopic (exact) mass is 285 g/mol. The Kier molecular flexibility index (Phi) is 3.68. The standard InChI is InChI=1S/C11H16BrN3O/c1-8-6-11(9(12)7-10(8)13)14-15-2-4-16-5-3-15/h6-7,14H,2-5,13H2,1H3. The SMILES string of the molecule is Cc1cc(NN2CCOCC2)c(Br)cc1N. The first-order valence-corrected chi connectivity index (χ1v) is 6.11. The van der Waals surface area contributed by atoms with Crippen LogP contribution in [-0.4, -0.2) is 31.3 Å². The summed E-state index contributed by atoms with van der Waals surface area (Å²) in [4.78, 5) is 0.